The summed E-state index contributed by atoms with van der Waals surface area (Å²) in [6.07, 6.45) is 2.84. The maximum Gasteiger partial charge on any atom is 0.260 e. The fourth-order valence-electron chi connectivity index (χ4n) is 2.95. The van der Waals surface area contributed by atoms with Crippen molar-refractivity contribution in [2.75, 3.05) is 26.3 Å². The molecule has 0 saturated carbocycles. The van der Waals surface area contributed by atoms with Gasteiger partial charge >= 0.3 is 0 Å². The standard InChI is InChI=1S/C20H19ClN4O4/c1-13-10-15(2-3-16(13)21)28-12-18(26)25-8-9-27-17(11-25)20-23-19(24-29-20)14-4-6-22-7-5-14/h2-7,10,17H,8-9,11-12H2,1H3/t17-/m1/s1. The van der Waals surface area contributed by atoms with Gasteiger partial charge in [-0.1, -0.05) is 16.8 Å². The molecule has 1 saturated heterocycles. The van der Waals surface area contributed by atoms with E-state index in [9.17, 15) is 4.79 Å². The van der Waals surface area contributed by atoms with Crippen LogP contribution in [0.15, 0.2) is 47.2 Å². The van der Waals surface area contributed by atoms with Crippen molar-refractivity contribution in [2.24, 2.45) is 0 Å². The molecule has 1 aliphatic heterocycles. The number of amides is 1. The van der Waals surface area contributed by atoms with E-state index in [0.29, 0.717) is 42.2 Å². The number of hydrogen-bond donors (Lipinski definition) is 0. The van der Waals surface area contributed by atoms with Crippen molar-refractivity contribution in [3.63, 3.8) is 0 Å². The van der Waals surface area contributed by atoms with E-state index in [1.54, 1.807) is 47.6 Å². The van der Waals surface area contributed by atoms with Gasteiger partial charge in [0.25, 0.3) is 11.8 Å². The smallest absolute Gasteiger partial charge is 0.260 e. The van der Waals surface area contributed by atoms with Gasteiger partial charge in [0, 0.05) is 29.5 Å². The summed E-state index contributed by atoms with van der Waals surface area (Å²) >= 11 is 6.01. The summed E-state index contributed by atoms with van der Waals surface area (Å²) in [6.45, 7) is 2.99. The summed E-state index contributed by atoms with van der Waals surface area (Å²) < 4.78 is 16.7. The largest absolute Gasteiger partial charge is 0.484 e. The molecule has 9 heteroatoms. The Hall–Kier alpha value is -2.97. The zero-order valence-electron chi connectivity index (χ0n) is 15.7. The molecule has 1 fully saturated rings. The molecular weight excluding hydrogens is 396 g/mol. The van der Waals surface area contributed by atoms with E-state index in [0.717, 1.165) is 11.1 Å². The number of ether oxygens (including phenoxy) is 2. The summed E-state index contributed by atoms with van der Waals surface area (Å²) in [6, 6.07) is 8.88. The topological polar surface area (TPSA) is 90.6 Å². The fraction of sp³-hybridized carbons (Fsp3) is 0.300. The normalized spacial score (nSPS) is 16.6. The minimum Gasteiger partial charge on any atom is -0.484 e. The van der Waals surface area contributed by atoms with Crippen LogP contribution in [-0.2, 0) is 9.53 Å². The first kappa shape index (κ1) is 19.4. The van der Waals surface area contributed by atoms with E-state index < -0.39 is 6.10 Å². The maximum absolute atomic E-state index is 12.6. The van der Waals surface area contributed by atoms with Gasteiger partial charge in [0.2, 0.25) is 5.82 Å². The first-order valence-corrected chi connectivity index (χ1v) is 9.50. The van der Waals surface area contributed by atoms with Crippen molar-refractivity contribution in [1.82, 2.24) is 20.0 Å². The van der Waals surface area contributed by atoms with Crippen LogP contribution >= 0.6 is 11.6 Å². The van der Waals surface area contributed by atoms with Gasteiger partial charge in [-0.05, 0) is 42.8 Å². The monoisotopic (exact) mass is 414 g/mol. The van der Waals surface area contributed by atoms with Crippen molar-refractivity contribution < 1.29 is 18.8 Å². The highest BCUT2D eigenvalue weighted by molar-refractivity contribution is 6.31. The van der Waals surface area contributed by atoms with Gasteiger partial charge in [0.1, 0.15) is 5.75 Å². The number of halogens is 1. The first-order valence-electron chi connectivity index (χ1n) is 9.12. The average Bonchev–Trinajstić information content (AvgIpc) is 3.25. The molecule has 1 amide bonds. The summed E-state index contributed by atoms with van der Waals surface area (Å²) in [4.78, 5) is 22.6. The zero-order chi connectivity index (χ0) is 20.2. The molecule has 0 bridgehead atoms. The lowest BCUT2D eigenvalue weighted by molar-refractivity contribution is -0.142. The number of hydrogen-bond acceptors (Lipinski definition) is 7. The lowest BCUT2D eigenvalue weighted by Crippen LogP contribution is -2.44. The second kappa shape index (κ2) is 8.59. The molecule has 29 heavy (non-hydrogen) atoms. The van der Waals surface area contributed by atoms with Crippen LogP contribution in [0.5, 0.6) is 5.75 Å². The summed E-state index contributed by atoms with van der Waals surface area (Å²) in [5.41, 5.74) is 1.69. The molecular formula is C20H19ClN4O4. The van der Waals surface area contributed by atoms with E-state index in [1.807, 2.05) is 6.92 Å². The van der Waals surface area contributed by atoms with E-state index in [-0.39, 0.29) is 12.5 Å². The molecule has 0 radical (unpaired) electrons. The van der Waals surface area contributed by atoms with Crippen molar-refractivity contribution in [1.29, 1.82) is 0 Å². The third-order valence-corrected chi connectivity index (χ3v) is 4.99. The number of pyridine rings is 1. The number of benzene rings is 1. The zero-order valence-corrected chi connectivity index (χ0v) is 16.5. The highest BCUT2D eigenvalue weighted by Gasteiger charge is 2.29. The second-order valence-corrected chi connectivity index (χ2v) is 7.00. The Balaban J connectivity index is 1.37. The molecule has 4 rings (SSSR count). The van der Waals surface area contributed by atoms with Crippen LogP contribution in [0.2, 0.25) is 5.02 Å². The lowest BCUT2D eigenvalue weighted by atomic mass is 10.2. The molecule has 0 unspecified atom stereocenters. The molecule has 1 aliphatic rings. The summed E-state index contributed by atoms with van der Waals surface area (Å²) in [7, 11) is 0. The Bertz CT molecular complexity index is 995. The van der Waals surface area contributed by atoms with E-state index in [2.05, 4.69) is 15.1 Å². The molecule has 3 heterocycles. The minimum absolute atomic E-state index is 0.0696. The third kappa shape index (κ3) is 4.55. The van der Waals surface area contributed by atoms with Gasteiger partial charge in [-0.2, -0.15) is 4.98 Å². The SMILES string of the molecule is Cc1cc(OCC(=O)N2CCO[C@@H](c3nc(-c4ccncc4)no3)C2)ccc1Cl. The number of nitrogens with zero attached hydrogens (tertiary/aromatic N) is 4. The van der Waals surface area contributed by atoms with Crippen LogP contribution in [0.3, 0.4) is 0 Å². The number of aromatic nitrogens is 3. The molecule has 0 N–H and O–H groups in total. The molecule has 150 valence electrons. The van der Waals surface area contributed by atoms with Gasteiger partial charge in [0.15, 0.2) is 12.7 Å². The van der Waals surface area contributed by atoms with E-state index >= 15 is 0 Å². The number of carbonyl (C=O) groups is 1. The number of carbonyl (C=O) groups excluding carboxylic acids is 1. The Morgan fingerprint density at radius 2 is 2.14 bits per heavy atom. The third-order valence-electron chi connectivity index (χ3n) is 4.57. The predicted octanol–water partition coefficient (Wildman–Crippen LogP) is 3.07. The Morgan fingerprint density at radius 3 is 2.93 bits per heavy atom. The number of aryl methyl sites for hydroxylation is 1. The van der Waals surface area contributed by atoms with Crippen LogP contribution in [0, 0.1) is 6.92 Å². The van der Waals surface area contributed by atoms with Crippen molar-refractivity contribution in [3.8, 4) is 17.1 Å². The fourth-order valence-corrected chi connectivity index (χ4v) is 3.07. The van der Waals surface area contributed by atoms with Crippen LogP contribution in [-0.4, -0.2) is 52.2 Å². The second-order valence-electron chi connectivity index (χ2n) is 6.59. The number of morpholine rings is 1. The van der Waals surface area contributed by atoms with Crippen LogP contribution in [0.1, 0.15) is 17.6 Å². The van der Waals surface area contributed by atoms with Gasteiger partial charge in [0.05, 0.1) is 13.2 Å². The quantitative estimate of drug-likeness (QED) is 0.633. The molecule has 2 aromatic heterocycles. The van der Waals surface area contributed by atoms with Crippen LogP contribution < -0.4 is 4.74 Å². The first-order chi connectivity index (χ1) is 14.1. The average molecular weight is 415 g/mol. The van der Waals surface area contributed by atoms with E-state index in [1.165, 1.54) is 0 Å². The summed E-state index contributed by atoms with van der Waals surface area (Å²) in [5, 5.41) is 4.65. The Kier molecular flexibility index (Phi) is 5.73. The van der Waals surface area contributed by atoms with E-state index in [4.69, 9.17) is 25.6 Å². The molecule has 8 nitrogen and oxygen atoms in total. The molecule has 0 spiro atoms. The van der Waals surface area contributed by atoms with Crippen molar-refractivity contribution >= 4 is 17.5 Å². The van der Waals surface area contributed by atoms with Gasteiger partial charge in [-0.15, -0.1) is 0 Å². The molecule has 3 aromatic rings. The van der Waals surface area contributed by atoms with Gasteiger partial charge in [-0.3, -0.25) is 9.78 Å². The molecule has 1 atom stereocenters. The minimum atomic E-state index is -0.478. The molecule has 1 aromatic carbocycles. The van der Waals surface area contributed by atoms with Gasteiger partial charge in [-0.25, -0.2) is 0 Å². The highest BCUT2D eigenvalue weighted by Crippen LogP contribution is 2.24. The number of rotatable bonds is 5. The lowest BCUT2D eigenvalue weighted by Gasteiger charge is -2.31. The van der Waals surface area contributed by atoms with Gasteiger partial charge < -0.3 is 18.9 Å². The Morgan fingerprint density at radius 1 is 1.31 bits per heavy atom. The predicted molar refractivity (Wildman–Crippen MR) is 104 cm³/mol. The summed E-state index contributed by atoms with van der Waals surface area (Å²) in [5.74, 6) is 1.25. The van der Waals surface area contributed by atoms with Crippen LogP contribution in [0.4, 0.5) is 0 Å². The van der Waals surface area contributed by atoms with Crippen LogP contribution in [0.25, 0.3) is 11.4 Å². The highest BCUT2D eigenvalue weighted by atomic mass is 35.5. The van der Waals surface area contributed by atoms with Crippen molar-refractivity contribution in [2.45, 2.75) is 13.0 Å². The maximum atomic E-state index is 12.6. The Labute approximate surface area is 172 Å². The van der Waals surface area contributed by atoms with Crippen molar-refractivity contribution in [3.05, 3.63) is 59.2 Å². The molecule has 0 aliphatic carbocycles.